The molecular formula is C12H22N2O5S. The lowest BCUT2D eigenvalue weighted by Crippen LogP contribution is -2.43. The van der Waals surface area contributed by atoms with Gasteiger partial charge in [0.2, 0.25) is 0 Å². The van der Waals surface area contributed by atoms with Crippen molar-refractivity contribution in [1.29, 1.82) is 0 Å². The Kier molecular flexibility index (Phi) is 6.41. The van der Waals surface area contributed by atoms with Crippen molar-refractivity contribution in [3.8, 4) is 0 Å². The van der Waals surface area contributed by atoms with Gasteiger partial charge in [0.1, 0.15) is 0 Å². The largest absolute Gasteiger partial charge is 0.455 e. The van der Waals surface area contributed by atoms with Crippen molar-refractivity contribution in [2.45, 2.75) is 13.8 Å². The van der Waals surface area contributed by atoms with Gasteiger partial charge in [0.05, 0.1) is 18.1 Å². The maximum atomic E-state index is 11.6. The molecule has 0 unspecified atom stereocenters. The Labute approximate surface area is 119 Å². The van der Waals surface area contributed by atoms with Gasteiger partial charge in [-0.1, -0.05) is 0 Å². The first kappa shape index (κ1) is 16.9. The highest BCUT2D eigenvalue weighted by atomic mass is 32.2. The molecule has 0 aromatic heterocycles. The number of rotatable bonds is 6. The second-order valence-electron chi connectivity index (χ2n) is 4.65. The summed E-state index contributed by atoms with van der Waals surface area (Å²) in [4.78, 5) is 26.5. The van der Waals surface area contributed by atoms with Crippen molar-refractivity contribution in [3.63, 3.8) is 0 Å². The monoisotopic (exact) mass is 306 g/mol. The number of hydrogen-bond donors (Lipinski definition) is 0. The quantitative estimate of drug-likeness (QED) is 0.593. The molecule has 1 aliphatic heterocycles. The molecule has 1 aliphatic rings. The summed E-state index contributed by atoms with van der Waals surface area (Å²) in [6.45, 7) is 5.32. The van der Waals surface area contributed by atoms with E-state index in [1.54, 1.807) is 9.80 Å². The predicted molar refractivity (Wildman–Crippen MR) is 74.0 cm³/mol. The van der Waals surface area contributed by atoms with Gasteiger partial charge in [-0.15, -0.1) is 0 Å². The number of esters is 1. The number of carbonyl (C=O) groups is 2. The molecule has 0 bridgehead atoms. The summed E-state index contributed by atoms with van der Waals surface area (Å²) in [6, 6.07) is 0. The maximum Gasteiger partial charge on any atom is 0.320 e. The first-order valence-electron chi connectivity index (χ1n) is 6.74. The van der Waals surface area contributed by atoms with Crippen LogP contribution in [0.5, 0.6) is 0 Å². The smallest absolute Gasteiger partial charge is 0.320 e. The molecule has 0 atom stereocenters. The second-order valence-corrected chi connectivity index (χ2v) is 6.96. The van der Waals surface area contributed by atoms with Crippen LogP contribution >= 0.6 is 0 Å². The van der Waals surface area contributed by atoms with Crippen molar-refractivity contribution in [1.82, 2.24) is 9.80 Å². The lowest BCUT2D eigenvalue weighted by molar-refractivity contribution is -0.152. The minimum Gasteiger partial charge on any atom is -0.455 e. The maximum absolute atomic E-state index is 11.6. The molecule has 0 radical (unpaired) electrons. The summed E-state index contributed by atoms with van der Waals surface area (Å²) in [5, 5.41) is 0. The molecule has 1 saturated heterocycles. The predicted octanol–water partition coefficient (Wildman–Crippen LogP) is -0.872. The topological polar surface area (TPSA) is 84.0 Å². The number of sulfone groups is 1. The molecule has 0 aromatic carbocycles. The third-order valence-corrected chi connectivity index (χ3v) is 4.87. The van der Waals surface area contributed by atoms with Gasteiger partial charge in [-0.25, -0.2) is 8.42 Å². The van der Waals surface area contributed by atoms with Crippen molar-refractivity contribution in [2.75, 3.05) is 50.8 Å². The van der Waals surface area contributed by atoms with E-state index >= 15 is 0 Å². The third kappa shape index (κ3) is 5.46. The molecule has 1 heterocycles. The Morgan fingerprint density at radius 3 is 2.20 bits per heavy atom. The number of carbonyl (C=O) groups excluding carboxylic acids is 2. The summed E-state index contributed by atoms with van der Waals surface area (Å²) >= 11 is 0. The molecule has 0 saturated carbocycles. The number of amides is 1. The molecule has 0 aromatic rings. The lowest BCUT2D eigenvalue weighted by atomic mass is 10.4. The van der Waals surface area contributed by atoms with Crippen LogP contribution < -0.4 is 0 Å². The van der Waals surface area contributed by atoms with Crippen LogP contribution in [0.3, 0.4) is 0 Å². The van der Waals surface area contributed by atoms with E-state index in [1.165, 1.54) is 0 Å². The van der Waals surface area contributed by atoms with Crippen molar-refractivity contribution >= 4 is 21.7 Å². The van der Waals surface area contributed by atoms with Gasteiger partial charge in [-0.05, 0) is 13.8 Å². The van der Waals surface area contributed by atoms with E-state index < -0.39 is 15.8 Å². The number of hydrogen-bond acceptors (Lipinski definition) is 6. The highest BCUT2D eigenvalue weighted by Crippen LogP contribution is 2.03. The van der Waals surface area contributed by atoms with E-state index in [9.17, 15) is 18.0 Å². The summed E-state index contributed by atoms with van der Waals surface area (Å²) in [7, 11) is -2.95. The molecule has 8 heteroatoms. The summed E-state index contributed by atoms with van der Waals surface area (Å²) < 4.78 is 27.4. The molecule has 116 valence electrons. The standard InChI is InChI=1S/C12H22N2O5S/c1-3-14(4-2)11(15)10-19-12(16)9-13-5-7-20(17,18)8-6-13/h3-10H2,1-2H3. The normalized spacial score (nSPS) is 18.5. The number of likely N-dealkylation sites (N-methyl/N-ethyl adjacent to an activating group) is 1. The highest BCUT2D eigenvalue weighted by Gasteiger charge is 2.23. The second kappa shape index (κ2) is 7.58. The molecule has 20 heavy (non-hydrogen) atoms. The minimum atomic E-state index is -2.95. The fourth-order valence-corrected chi connectivity index (χ4v) is 3.22. The van der Waals surface area contributed by atoms with Crippen LogP contribution in [0.15, 0.2) is 0 Å². The van der Waals surface area contributed by atoms with Gasteiger partial charge in [0, 0.05) is 26.2 Å². The first-order chi connectivity index (χ1) is 9.38. The fourth-order valence-electron chi connectivity index (χ4n) is 1.95. The average Bonchev–Trinajstić information content (AvgIpc) is 2.40. The van der Waals surface area contributed by atoms with Crippen LogP contribution in [0.25, 0.3) is 0 Å². The Hall–Kier alpha value is -1.15. The van der Waals surface area contributed by atoms with Crippen LogP contribution in [0.1, 0.15) is 13.8 Å². The molecule has 1 fully saturated rings. The average molecular weight is 306 g/mol. The Morgan fingerprint density at radius 2 is 1.70 bits per heavy atom. The van der Waals surface area contributed by atoms with Crippen molar-refractivity contribution < 1.29 is 22.7 Å². The van der Waals surface area contributed by atoms with Crippen molar-refractivity contribution in [3.05, 3.63) is 0 Å². The SMILES string of the molecule is CCN(CC)C(=O)COC(=O)CN1CCS(=O)(=O)CC1. The molecule has 0 aliphatic carbocycles. The van der Waals surface area contributed by atoms with Gasteiger partial charge < -0.3 is 9.64 Å². The molecule has 0 spiro atoms. The van der Waals surface area contributed by atoms with Crippen LogP contribution in [0.2, 0.25) is 0 Å². The summed E-state index contributed by atoms with van der Waals surface area (Å²) in [6.07, 6.45) is 0. The zero-order chi connectivity index (χ0) is 15.2. The highest BCUT2D eigenvalue weighted by molar-refractivity contribution is 7.91. The first-order valence-corrected chi connectivity index (χ1v) is 8.56. The van der Waals surface area contributed by atoms with E-state index in [-0.39, 0.29) is 30.6 Å². The van der Waals surface area contributed by atoms with Crippen molar-refractivity contribution in [2.24, 2.45) is 0 Å². The van der Waals surface area contributed by atoms with Gasteiger partial charge in [0.25, 0.3) is 5.91 Å². The van der Waals surface area contributed by atoms with Gasteiger partial charge >= 0.3 is 5.97 Å². The zero-order valence-corrected chi connectivity index (χ0v) is 12.8. The van der Waals surface area contributed by atoms with E-state index in [0.717, 1.165) is 0 Å². The van der Waals surface area contributed by atoms with E-state index in [2.05, 4.69) is 0 Å². The van der Waals surface area contributed by atoms with Gasteiger partial charge in [0.15, 0.2) is 16.4 Å². The van der Waals surface area contributed by atoms with E-state index in [0.29, 0.717) is 26.2 Å². The number of nitrogens with zero attached hydrogens (tertiary/aromatic N) is 2. The molecular weight excluding hydrogens is 284 g/mol. The van der Waals surface area contributed by atoms with Crippen LogP contribution in [0, 0.1) is 0 Å². The fraction of sp³-hybridized carbons (Fsp3) is 0.833. The number of ether oxygens (including phenoxy) is 1. The molecule has 1 amide bonds. The van der Waals surface area contributed by atoms with Crippen LogP contribution in [-0.2, 0) is 24.2 Å². The van der Waals surface area contributed by atoms with Gasteiger partial charge in [-0.3, -0.25) is 14.5 Å². The molecule has 7 nitrogen and oxygen atoms in total. The summed E-state index contributed by atoms with van der Waals surface area (Å²) in [5.74, 6) is -0.577. The summed E-state index contributed by atoms with van der Waals surface area (Å²) in [5.41, 5.74) is 0. The van der Waals surface area contributed by atoms with Crippen LogP contribution in [-0.4, -0.2) is 80.9 Å². The Morgan fingerprint density at radius 1 is 1.15 bits per heavy atom. The minimum absolute atomic E-state index is 0.0288. The Bertz CT molecular complexity index is 431. The molecule has 1 rings (SSSR count). The zero-order valence-electron chi connectivity index (χ0n) is 12.0. The van der Waals surface area contributed by atoms with E-state index in [1.807, 2.05) is 13.8 Å². The van der Waals surface area contributed by atoms with Crippen LogP contribution in [0.4, 0.5) is 0 Å². The third-order valence-electron chi connectivity index (χ3n) is 3.26. The molecule has 0 N–H and O–H groups in total. The van der Waals surface area contributed by atoms with Gasteiger partial charge in [-0.2, -0.15) is 0 Å². The Balaban J connectivity index is 2.29. The van der Waals surface area contributed by atoms with E-state index in [4.69, 9.17) is 4.74 Å². The lowest BCUT2D eigenvalue weighted by Gasteiger charge is -2.25.